The molecule has 0 saturated heterocycles. The maximum absolute atomic E-state index is 13.7. The van der Waals surface area contributed by atoms with E-state index < -0.39 is 23.5 Å². The van der Waals surface area contributed by atoms with Crippen molar-refractivity contribution in [2.24, 2.45) is 0 Å². The molecule has 4 aromatic carbocycles. The molecule has 0 saturated carbocycles. The van der Waals surface area contributed by atoms with Gasteiger partial charge in [-0.3, -0.25) is 9.97 Å². The topological polar surface area (TPSA) is 38.9 Å². The van der Waals surface area contributed by atoms with E-state index in [9.17, 15) is 26.3 Å². The predicted molar refractivity (Wildman–Crippen MR) is 161 cm³/mol. The molecule has 0 atom stereocenters. The Hall–Kier alpha value is -5.44. The number of pyridine rings is 2. The summed E-state index contributed by atoms with van der Waals surface area (Å²) >= 11 is 0. The molecule has 0 fully saturated rings. The first-order valence-corrected chi connectivity index (χ1v) is 13.8. The fraction of sp³-hybridized carbons (Fsp3) is 0.0556. The van der Waals surface area contributed by atoms with Gasteiger partial charge in [-0.25, -0.2) is 0 Å². The van der Waals surface area contributed by atoms with Crippen molar-refractivity contribution in [3.63, 3.8) is 0 Å². The zero-order valence-electron chi connectivity index (χ0n) is 23.1. The quantitative estimate of drug-likeness (QED) is 0.186. The van der Waals surface area contributed by atoms with E-state index in [4.69, 9.17) is 4.42 Å². The van der Waals surface area contributed by atoms with Gasteiger partial charge in [0.05, 0.1) is 11.1 Å². The zero-order valence-corrected chi connectivity index (χ0v) is 23.1. The van der Waals surface area contributed by atoms with Gasteiger partial charge in [0.25, 0.3) is 0 Å². The van der Waals surface area contributed by atoms with Gasteiger partial charge in [0.1, 0.15) is 11.2 Å². The summed E-state index contributed by atoms with van der Waals surface area (Å²) in [4.78, 5) is 8.51. The molecule has 7 aromatic rings. The Kier molecular flexibility index (Phi) is 6.69. The molecule has 222 valence electrons. The van der Waals surface area contributed by atoms with Crippen LogP contribution in [0.5, 0.6) is 0 Å². The zero-order chi connectivity index (χ0) is 31.3. The highest BCUT2D eigenvalue weighted by atomic mass is 19.4. The molecule has 3 heterocycles. The third kappa shape index (κ3) is 5.31. The molecule has 9 heteroatoms. The minimum atomic E-state index is -4.98. The van der Waals surface area contributed by atoms with Gasteiger partial charge >= 0.3 is 12.4 Å². The van der Waals surface area contributed by atoms with Crippen LogP contribution in [0.3, 0.4) is 0 Å². The molecule has 0 N–H and O–H groups in total. The van der Waals surface area contributed by atoms with Crippen molar-refractivity contribution in [1.82, 2.24) is 9.97 Å². The van der Waals surface area contributed by atoms with Crippen molar-refractivity contribution in [2.45, 2.75) is 12.4 Å². The first kappa shape index (κ1) is 28.3. The van der Waals surface area contributed by atoms with Crippen molar-refractivity contribution < 1.29 is 30.8 Å². The van der Waals surface area contributed by atoms with Gasteiger partial charge in [-0.05, 0) is 70.8 Å². The van der Waals surface area contributed by atoms with Crippen molar-refractivity contribution >= 4 is 21.9 Å². The number of fused-ring (bicyclic) bond motifs is 3. The third-order valence-electron chi connectivity index (χ3n) is 7.66. The molecule has 0 aliphatic rings. The van der Waals surface area contributed by atoms with Gasteiger partial charge in [-0.1, -0.05) is 48.5 Å². The molecule has 3 nitrogen and oxygen atoms in total. The van der Waals surface area contributed by atoms with Crippen LogP contribution in [0.15, 0.2) is 126 Å². The van der Waals surface area contributed by atoms with E-state index in [0.717, 1.165) is 39.9 Å². The summed E-state index contributed by atoms with van der Waals surface area (Å²) in [6, 6.07) is 25.4. The van der Waals surface area contributed by atoms with Gasteiger partial charge in [0, 0.05) is 57.8 Å². The molecule has 0 radical (unpaired) electrons. The summed E-state index contributed by atoms with van der Waals surface area (Å²) in [5.74, 6) is 0. The SMILES string of the molecule is FC(F)(F)c1cc(-c2cccc3c2oc2c(-c4cc(-c5cccnc5)cc(-c5cccnc5)c4)cccc23)cc(C(F)(F)F)c1. The summed E-state index contributed by atoms with van der Waals surface area (Å²) in [5, 5.41) is 1.23. The maximum atomic E-state index is 13.7. The lowest BCUT2D eigenvalue weighted by molar-refractivity contribution is -0.143. The van der Waals surface area contributed by atoms with Crippen LogP contribution in [-0.4, -0.2) is 9.97 Å². The Morgan fingerprint density at radius 2 is 0.889 bits per heavy atom. The van der Waals surface area contributed by atoms with Crippen LogP contribution in [-0.2, 0) is 12.4 Å². The average Bonchev–Trinajstić information content (AvgIpc) is 3.43. The van der Waals surface area contributed by atoms with Crippen LogP contribution in [0.2, 0.25) is 0 Å². The lowest BCUT2D eigenvalue weighted by Crippen LogP contribution is -2.11. The minimum absolute atomic E-state index is 0.117. The van der Waals surface area contributed by atoms with Crippen LogP contribution in [0.25, 0.3) is 66.4 Å². The molecule has 45 heavy (non-hydrogen) atoms. The Morgan fingerprint density at radius 3 is 1.31 bits per heavy atom. The number of furan rings is 1. The fourth-order valence-electron chi connectivity index (χ4n) is 5.57. The van der Waals surface area contributed by atoms with E-state index in [2.05, 4.69) is 9.97 Å². The fourth-order valence-corrected chi connectivity index (χ4v) is 5.57. The number of hydrogen-bond donors (Lipinski definition) is 0. The van der Waals surface area contributed by atoms with E-state index in [1.807, 2.05) is 60.7 Å². The number of rotatable bonds is 4. The number of hydrogen-bond acceptors (Lipinski definition) is 3. The molecule has 0 spiro atoms. The normalized spacial score (nSPS) is 12.2. The maximum Gasteiger partial charge on any atom is 0.416 e. The van der Waals surface area contributed by atoms with E-state index in [0.29, 0.717) is 21.9 Å². The average molecular weight is 611 g/mol. The van der Waals surface area contributed by atoms with Gasteiger partial charge in [0.15, 0.2) is 0 Å². The minimum Gasteiger partial charge on any atom is -0.455 e. The van der Waals surface area contributed by atoms with Crippen LogP contribution in [0.4, 0.5) is 26.3 Å². The van der Waals surface area contributed by atoms with Crippen molar-refractivity contribution in [3.05, 3.63) is 133 Å². The number of benzene rings is 4. The van der Waals surface area contributed by atoms with Crippen molar-refractivity contribution in [1.29, 1.82) is 0 Å². The molecule has 0 aliphatic carbocycles. The van der Waals surface area contributed by atoms with Crippen molar-refractivity contribution in [2.75, 3.05) is 0 Å². The largest absolute Gasteiger partial charge is 0.455 e. The molecule has 0 unspecified atom stereocenters. The second kappa shape index (κ2) is 10.6. The third-order valence-corrected chi connectivity index (χ3v) is 7.66. The number of aromatic nitrogens is 2. The molecule has 0 aliphatic heterocycles. The van der Waals surface area contributed by atoms with Crippen LogP contribution < -0.4 is 0 Å². The first-order valence-electron chi connectivity index (χ1n) is 13.8. The Labute approximate surface area is 252 Å². The lowest BCUT2D eigenvalue weighted by atomic mass is 9.93. The first-order chi connectivity index (χ1) is 21.6. The Balaban J connectivity index is 1.46. The predicted octanol–water partition coefficient (Wildman–Crippen LogP) is 11.1. The summed E-state index contributed by atoms with van der Waals surface area (Å²) in [6.45, 7) is 0. The van der Waals surface area contributed by atoms with Crippen LogP contribution >= 0.6 is 0 Å². The molecule has 7 rings (SSSR count). The summed E-state index contributed by atoms with van der Waals surface area (Å²) in [5.41, 5.74) is 2.74. The van der Waals surface area contributed by atoms with Crippen molar-refractivity contribution in [3.8, 4) is 44.5 Å². The summed E-state index contributed by atoms with van der Waals surface area (Å²) in [6.07, 6.45) is -3.07. The Morgan fingerprint density at radius 1 is 0.444 bits per heavy atom. The van der Waals surface area contributed by atoms with Gasteiger partial charge in [-0.15, -0.1) is 0 Å². The Bertz CT molecular complexity index is 2100. The van der Waals surface area contributed by atoms with Crippen LogP contribution in [0, 0.1) is 0 Å². The number of alkyl halides is 6. The number of halogens is 6. The van der Waals surface area contributed by atoms with Crippen LogP contribution in [0.1, 0.15) is 11.1 Å². The second-order valence-corrected chi connectivity index (χ2v) is 10.5. The highest BCUT2D eigenvalue weighted by Crippen LogP contribution is 2.44. The van der Waals surface area contributed by atoms with E-state index in [1.54, 1.807) is 36.9 Å². The van der Waals surface area contributed by atoms with Gasteiger partial charge in [-0.2, -0.15) is 26.3 Å². The van der Waals surface area contributed by atoms with E-state index in [1.165, 1.54) is 6.07 Å². The molecular weight excluding hydrogens is 590 g/mol. The number of para-hydroxylation sites is 2. The lowest BCUT2D eigenvalue weighted by Gasteiger charge is -2.14. The summed E-state index contributed by atoms with van der Waals surface area (Å²) < 4.78 is 88.5. The molecular formula is C36H20F6N2O. The smallest absolute Gasteiger partial charge is 0.416 e. The summed E-state index contributed by atoms with van der Waals surface area (Å²) in [7, 11) is 0. The van der Waals surface area contributed by atoms with E-state index >= 15 is 0 Å². The monoisotopic (exact) mass is 610 g/mol. The highest BCUT2D eigenvalue weighted by Gasteiger charge is 2.37. The molecule has 0 bridgehead atoms. The highest BCUT2D eigenvalue weighted by molar-refractivity contribution is 6.13. The molecule has 0 amide bonds. The second-order valence-electron chi connectivity index (χ2n) is 10.5. The van der Waals surface area contributed by atoms with Gasteiger partial charge in [0.2, 0.25) is 0 Å². The standard InChI is InChI=1S/C36H20F6N2O/c37-35(38,39)27-16-26(17-28(18-27)36(40,41)42)30-8-2-10-32-31-9-1-7-29(33(31)45-34(30)32)25-14-23(21-5-3-11-43-19-21)13-24(15-25)22-6-4-12-44-20-22/h1-20H. The number of nitrogens with zero attached hydrogens (tertiary/aromatic N) is 2. The van der Waals surface area contributed by atoms with Gasteiger partial charge < -0.3 is 4.42 Å². The van der Waals surface area contributed by atoms with E-state index in [-0.39, 0.29) is 22.8 Å². The molecule has 3 aromatic heterocycles.